The lowest BCUT2D eigenvalue weighted by Crippen LogP contribution is -2.12. The molecule has 0 aliphatic rings. The zero-order chi connectivity index (χ0) is 15.4. The molecule has 0 saturated heterocycles. The van der Waals surface area contributed by atoms with Crippen LogP contribution in [0.2, 0.25) is 0 Å². The fourth-order valence-corrected chi connectivity index (χ4v) is 2.29. The number of carbonyl (C=O) groups is 1. The van der Waals surface area contributed by atoms with Crippen molar-refractivity contribution in [1.29, 1.82) is 0 Å². The average molecular weight is 398 g/mol. The molecule has 0 spiro atoms. The summed E-state index contributed by atoms with van der Waals surface area (Å²) >= 11 is 2.11. The standard InChI is InChI=1S/C14H11IN2O4/c1-21-13-6-5-11(8-12(13)17(19)20)16-14(18)9-3-2-4-10(15)7-9/h2-8H,1H3,(H,16,18). The van der Waals surface area contributed by atoms with Crippen LogP contribution in [-0.2, 0) is 0 Å². The van der Waals surface area contributed by atoms with E-state index < -0.39 is 4.92 Å². The minimum atomic E-state index is -0.556. The number of anilines is 1. The van der Waals surface area contributed by atoms with Crippen LogP contribution < -0.4 is 10.1 Å². The molecule has 0 aliphatic carbocycles. The number of rotatable bonds is 4. The molecule has 2 rings (SSSR count). The van der Waals surface area contributed by atoms with Crippen molar-refractivity contribution in [2.24, 2.45) is 0 Å². The molecule has 0 fully saturated rings. The summed E-state index contributed by atoms with van der Waals surface area (Å²) in [7, 11) is 1.35. The van der Waals surface area contributed by atoms with Crippen molar-refractivity contribution in [1.82, 2.24) is 0 Å². The summed E-state index contributed by atoms with van der Waals surface area (Å²) in [6.07, 6.45) is 0. The Labute approximate surface area is 134 Å². The lowest BCUT2D eigenvalue weighted by Gasteiger charge is -2.07. The smallest absolute Gasteiger partial charge is 0.312 e. The number of nitro benzene ring substituents is 1. The molecule has 1 N–H and O–H groups in total. The Morgan fingerprint density at radius 2 is 2.05 bits per heavy atom. The second-order valence-corrected chi connectivity index (χ2v) is 5.35. The molecule has 0 aliphatic heterocycles. The van der Waals surface area contributed by atoms with Crippen LogP contribution in [0.1, 0.15) is 10.4 Å². The molecule has 0 radical (unpaired) electrons. The van der Waals surface area contributed by atoms with Gasteiger partial charge in [-0.05, 0) is 52.9 Å². The molecule has 1 amide bonds. The van der Waals surface area contributed by atoms with E-state index in [1.807, 2.05) is 6.07 Å². The van der Waals surface area contributed by atoms with E-state index in [0.29, 0.717) is 11.3 Å². The molecule has 0 heterocycles. The van der Waals surface area contributed by atoms with Gasteiger partial charge in [-0.1, -0.05) is 6.07 Å². The highest BCUT2D eigenvalue weighted by Crippen LogP contribution is 2.29. The number of carbonyl (C=O) groups excluding carboxylic acids is 1. The Morgan fingerprint density at radius 3 is 2.67 bits per heavy atom. The largest absolute Gasteiger partial charge is 0.490 e. The van der Waals surface area contributed by atoms with Crippen LogP contribution in [0.15, 0.2) is 42.5 Å². The number of nitrogens with zero attached hydrogens (tertiary/aromatic N) is 1. The van der Waals surface area contributed by atoms with Crippen molar-refractivity contribution < 1.29 is 14.5 Å². The third-order valence-corrected chi connectivity index (χ3v) is 3.39. The van der Waals surface area contributed by atoms with Gasteiger partial charge < -0.3 is 10.1 Å². The summed E-state index contributed by atoms with van der Waals surface area (Å²) in [6, 6.07) is 11.3. The summed E-state index contributed by atoms with van der Waals surface area (Å²) in [5, 5.41) is 13.6. The van der Waals surface area contributed by atoms with E-state index in [-0.39, 0.29) is 17.3 Å². The van der Waals surface area contributed by atoms with Gasteiger partial charge in [-0.2, -0.15) is 0 Å². The Kier molecular flexibility index (Phi) is 4.73. The average Bonchev–Trinajstić information content (AvgIpc) is 2.47. The fraction of sp³-hybridized carbons (Fsp3) is 0.0714. The van der Waals surface area contributed by atoms with Crippen LogP contribution in [-0.4, -0.2) is 17.9 Å². The summed E-state index contributed by atoms with van der Waals surface area (Å²) in [4.78, 5) is 22.5. The predicted octanol–water partition coefficient (Wildman–Crippen LogP) is 3.46. The van der Waals surface area contributed by atoms with Crippen LogP contribution in [0, 0.1) is 13.7 Å². The number of hydrogen-bond acceptors (Lipinski definition) is 4. The van der Waals surface area contributed by atoms with E-state index in [2.05, 4.69) is 27.9 Å². The predicted molar refractivity (Wildman–Crippen MR) is 86.8 cm³/mol. The first-order valence-electron chi connectivity index (χ1n) is 5.90. The molecule has 0 unspecified atom stereocenters. The topological polar surface area (TPSA) is 81.5 Å². The summed E-state index contributed by atoms with van der Waals surface area (Å²) in [6.45, 7) is 0. The van der Waals surface area contributed by atoms with Crippen LogP contribution >= 0.6 is 22.6 Å². The second kappa shape index (κ2) is 6.53. The van der Waals surface area contributed by atoms with Crippen LogP contribution in [0.4, 0.5) is 11.4 Å². The van der Waals surface area contributed by atoms with Crippen LogP contribution in [0.25, 0.3) is 0 Å². The molecule has 2 aromatic carbocycles. The van der Waals surface area contributed by atoms with Crippen molar-refractivity contribution in [2.45, 2.75) is 0 Å². The first-order valence-corrected chi connectivity index (χ1v) is 6.98. The van der Waals surface area contributed by atoms with Gasteiger partial charge in [0, 0.05) is 20.9 Å². The molecular formula is C14H11IN2O4. The molecule has 21 heavy (non-hydrogen) atoms. The molecule has 0 saturated carbocycles. The van der Waals surface area contributed by atoms with E-state index in [4.69, 9.17) is 4.74 Å². The monoisotopic (exact) mass is 398 g/mol. The number of ether oxygens (including phenoxy) is 1. The van der Waals surface area contributed by atoms with Crippen molar-refractivity contribution >= 4 is 39.9 Å². The van der Waals surface area contributed by atoms with Gasteiger partial charge in [0.25, 0.3) is 5.91 Å². The lowest BCUT2D eigenvalue weighted by atomic mass is 10.2. The molecule has 0 atom stereocenters. The van der Waals surface area contributed by atoms with Gasteiger partial charge in [0.15, 0.2) is 5.75 Å². The minimum absolute atomic E-state index is 0.146. The van der Waals surface area contributed by atoms with E-state index in [9.17, 15) is 14.9 Å². The molecular weight excluding hydrogens is 387 g/mol. The van der Waals surface area contributed by atoms with Gasteiger partial charge >= 0.3 is 5.69 Å². The van der Waals surface area contributed by atoms with E-state index in [0.717, 1.165) is 3.57 Å². The second-order valence-electron chi connectivity index (χ2n) is 4.11. The molecule has 108 valence electrons. The third-order valence-electron chi connectivity index (χ3n) is 2.72. The number of benzene rings is 2. The van der Waals surface area contributed by atoms with Crippen LogP contribution in [0.5, 0.6) is 5.75 Å². The maximum Gasteiger partial charge on any atom is 0.312 e. The van der Waals surface area contributed by atoms with Crippen molar-refractivity contribution in [3.63, 3.8) is 0 Å². The zero-order valence-corrected chi connectivity index (χ0v) is 13.2. The molecule has 2 aromatic rings. The number of nitrogens with one attached hydrogen (secondary N) is 1. The number of halogens is 1. The maximum atomic E-state index is 12.1. The summed E-state index contributed by atoms with van der Waals surface area (Å²) < 4.78 is 5.84. The Bertz CT molecular complexity index is 703. The number of hydrogen-bond donors (Lipinski definition) is 1. The van der Waals surface area contributed by atoms with Crippen molar-refractivity contribution in [2.75, 3.05) is 12.4 Å². The Hall–Kier alpha value is -2.16. The van der Waals surface area contributed by atoms with Gasteiger partial charge in [0.2, 0.25) is 0 Å². The highest BCUT2D eigenvalue weighted by atomic mass is 127. The van der Waals surface area contributed by atoms with Gasteiger partial charge in [-0.15, -0.1) is 0 Å². The van der Waals surface area contributed by atoms with E-state index >= 15 is 0 Å². The number of methoxy groups -OCH3 is 1. The molecule has 7 heteroatoms. The first-order chi connectivity index (χ1) is 10.0. The molecule has 0 aromatic heterocycles. The Morgan fingerprint density at radius 1 is 1.29 bits per heavy atom. The van der Waals surface area contributed by atoms with Gasteiger partial charge in [-0.25, -0.2) is 0 Å². The molecule has 0 bridgehead atoms. The van der Waals surface area contributed by atoms with E-state index in [1.54, 1.807) is 24.3 Å². The lowest BCUT2D eigenvalue weighted by molar-refractivity contribution is -0.385. The summed E-state index contributed by atoms with van der Waals surface area (Å²) in [5.74, 6) is -0.180. The SMILES string of the molecule is COc1ccc(NC(=O)c2cccc(I)c2)cc1[N+](=O)[O-]. The first kappa shape index (κ1) is 15.2. The van der Waals surface area contributed by atoms with Gasteiger partial charge in [0.05, 0.1) is 12.0 Å². The van der Waals surface area contributed by atoms with E-state index in [1.165, 1.54) is 19.2 Å². The highest BCUT2D eigenvalue weighted by Gasteiger charge is 2.16. The highest BCUT2D eigenvalue weighted by molar-refractivity contribution is 14.1. The molecule has 6 nitrogen and oxygen atoms in total. The third kappa shape index (κ3) is 3.69. The summed E-state index contributed by atoms with van der Waals surface area (Å²) in [5.41, 5.74) is 0.629. The van der Waals surface area contributed by atoms with Crippen molar-refractivity contribution in [3.05, 3.63) is 61.7 Å². The van der Waals surface area contributed by atoms with Gasteiger partial charge in [0.1, 0.15) is 0 Å². The maximum absolute atomic E-state index is 12.1. The minimum Gasteiger partial charge on any atom is -0.490 e. The Balaban J connectivity index is 2.25. The van der Waals surface area contributed by atoms with Gasteiger partial charge in [-0.3, -0.25) is 14.9 Å². The normalized spacial score (nSPS) is 10.0. The fourth-order valence-electron chi connectivity index (χ4n) is 1.74. The quantitative estimate of drug-likeness (QED) is 0.486. The number of amides is 1. The number of nitro groups is 1. The zero-order valence-electron chi connectivity index (χ0n) is 11.0. The van der Waals surface area contributed by atoms with Crippen LogP contribution in [0.3, 0.4) is 0 Å². The van der Waals surface area contributed by atoms with Crippen molar-refractivity contribution in [3.8, 4) is 5.75 Å².